The van der Waals surface area contributed by atoms with Gasteiger partial charge in [0.1, 0.15) is 18.9 Å². The van der Waals surface area contributed by atoms with Crippen LogP contribution >= 0.6 is 11.6 Å². The Hall–Kier alpha value is -3.03. The molecule has 0 radical (unpaired) electrons. The monoisotopic (exact) mass is 514 g/mol. The summed E-state index contributed by atoms with van der Waals surface area (Å²) in [6.45, 7) is 8.35. The van der Waals surface area contributed by atoms with Gasteiger partial charge in [-0.15, -0.1) is 0 Å². The number of nitrogens with zero attached hydrogens (tertiary/aromatic N) is 1. The first-order valence-corrected chi connectivity index (χ1v) is 13.1. The molecule has 0 atom stereocenters. The minimum atomic E-state index is -4.02. The third-order valence-electron chi connectivity index (χ3n) is 5.43. The summed E-state index contributed by atoms with van der Waals surface area (Å²) in [4.78, 5) is 12.8. The average molecular weight is 515 g/mol. The van der Waals surface area contributed by atoms with Crippen molar-refractivity contribution in [2.75, 3.05) is 24.0 Å². The minimum absolute atomic E-state index is 0.0545. The zero-order valence-corrected chi connectivity index (χ0v) is 22.0. The number of anilines is 1. The van der Waals surface area contributed by atoms with Crippen LogP contribution in [0.15, 0.2) is 77.7 Å². The number of sulfonamides is 1. The number of carbonyl (C=O) groups is 1. The van der Waals surface area contributed by atoms with E-state index in [9.17, 15) is 13.2 Å². The largest absolute Gasteiger partial charge is 0.492 e. The van der Waals surface area contributed by atoms with Gasteiger partial charge in [0, 0.05) is 0 Å². The van der Waals surface area contributed by atoms with Gasteiger partial charge in [0.15, 0.2) is 0 Å². The summed E-state index contributed by atoms with van der Waals surface area (Å²) in [7, 11) is -4.02. The maximum absolute atomic E-state index is 13.4. The summed E-state index contributed by atoms with van der Waals surface area (Å²) in [6.07, 6.45) is 0. The second-order valence-corrected chi connectivity index (χ2v) is 11.5. The van der Waals surface area contributed by atoms with Crippen LogP contribution in [-0.4, -0.2) is 34.0 Å². The molecule has 0 aliphatic carbocycles. The van der Waals surface area contributed by atoms with E-state index in [0.717, 1.165) is 9.87 Å². The zero-order valence-electron chi connectivity index (χ0n) is 20.4. The van der Waals surface area contributed by atoms with E-state index in [-0.39, 0.29) is 34.2 Å². The van der Waals surface area contributed by atoms with E-state index >= 15 is 0 Å². The van der Waals surface area contributed by atoms with Crippen LogP contribution in [0.4, 0.5) is 5.69 Å². The molecule has 0 saturated heterocycles. The van der Waals surface area contributed by atoms with Gasteiger partial charge in [-0.25, -0.2) is 8.42 Å². The van der Waals surface area contributed by atoms with E-state index in [1.807, 2.05) is 31.2 Å². The van der Waals surface area contributed by atoms with E-state index < -0.39 is 22.5 Å². The smallest absolute Gasteiger partial charge is 0.264 e. The number of hydrogen-bond donors (Lipinski definition) is 1. The highest BCUT2D eigenvalue weighted by Gasteiger charge is 2.28. The van der Waals surface area contributed by atoms with Crippen LogP contribution in [0, 0.1) is 6.92 Å². The Morgan fingerprint density at radius 2 is 1.60 bits per heavy atom. The Labute approximate surface area is 212 Å². The molecule has 0 heterocycles. The van der Waals surface area contributed by atoms with Gasteiger partial charge >= 0.3 is 0 Å². The van der Waals surface area contributed by atoms with Crippen molar-refractivity contribution >= 4 is 33.2 Å². The maximum atomic E-state index is 13.4. The lowest BCUT2D eigenvalue weighted by atomic mass is 9.87. The molecule has 0 aliphatic heterocycles. The Balaban J connectivity index is 1.66. The fourth-order valence-corrected chi connectivity index (χ4v) is 5.12. The fourth-order valence-electron chi connectivity index (χ4n) is 3.39. The predicted octanol–water partition coefficient (Wildman–Crippen LogP) is 5.34. The number of ether oxygens (including phenoxy) is 1. The summed E-state index contributed by atoms with van der Waals surface area (Å²) in [5, 5.41) is 2.96. The second kappa shape index (κ2) is 11.1. The Morgan fingerprint density at radius 3 is 2.20 bits per heavy atom. The van der Waals surface area contributed by atoms with Crippen molar-refractivity contribution in [1.82, 2.24) is 5.32 Å². The van der Waals surface area contributed by atoms with Crippen molar-refractivity contribution in [3.8, 4) is 5.75 Å². The van der Waals surface area contributed by atoms with Crippen LogP contribution in [0.1, 0.15) is 31.9 Å². The molecular weight excluding hydrogens is 484 g/mol. The zero-order chi connectivity index (χ0) is 25.6. The molecular formula is C27H31ClN2O4S. The van der Waals surface area contributed by atoms with Crippen molar-refractivity contribution in [3.63, 3.8) is 0 Å². The van der Waals surface area contributed by atoms with E-state index in [4.69, 9.17) is 16.3 Å². The first kappa shape index (κ1) is 26.6. The average Bonchev–Trinajstić information content (AvgIpc) is 2.81. The topological polar surface area (TPSA) is 75.7 Å². The van der Waals surface area contributed by atoms with Gasteiger partial charge in [-0.3, -0.25) is 9.10 Å². The van der Waals surface area contributed by atoms with Crippen LogP contribution < -0.4 is 14.4 Å². The molecule has 3 aromatic carbocycles. The van der Waals surface area contributed by atoms with Crippen LogP contribution in [0.5, 0.6) is 5.75 Å². The molecule has 0 fully saturated rings. The molecule has 35 heavy (non-hydrogen) atoms. The van der Waals surface area contributed by atoms with Crippen LogP contribution in [0.25, 0.3) is 0 Å². The van der Waals surface area contributed by atoms with Gasteiger partial charge in [0.2, 0.25) is 5.91 Å². The highest BCUT2D eigenvalue weighted by atomic mass is 35.5. The summed E-state index contributed by atoms with van der Waals surface area (Å²) < 4.78 is 33.6. The normalized spacial score (nSPS) is 11.7. The SMILES string of the molecule is Cc1ccc(S(=O)(=O)N(CC(=O)NCCOc2ccc(C(C)(C)C)cc2)c2ccccc2Cl)cc1. The van der Waals surface area contributed by atoms with Crippen molar-refractivity contribution in [2.45, 2.75) is 38.0 Å². The van der Waals surface area contributed by atoms with Gasteiger partial charge in [-0.1, -0.05) is 74.3 Å². The number of halogens is 1. The molecule has 1 amide bonds. The third-order valence-corrected chi connectivity index (χ3v) is 7.52. The van der Waals surface area contributed by atoms with Crippen LogP contribution in [0.3, 0.4) is 0 Å². The molecule has 1 N–H and O–H groups in total. The quantitative estimate of drug-likeness (QED) is 0.391. The van der Waals surface area contributed by atoms with E-state index in [1.54, 1.807) is 36.4 Å². The molecule has 6 nitrogen and oxygen atoms in total. The number of rotatable bonds is 9. The minimum Gasteiger partial charge on any atom is -0.492 e. The Bertz CT molecular complexity index is 1250. The summed E-state index contributed by atoms with van der Waals surface area (Å²) in [6, 6.07) is 20.8. The molecule has 0 aliphatic rings. The highest BCUT2D eigenvalue weighted by molar-refractivity contribution is 7.92. The van der Waals surface area contributed by atoms with Gasteiger partial charge in [-0.2, -0.15) is 0 Å². The molecule has 3 rings (SSSR count). The maximum Gasteiger partial charge on any atom is 0.264 e. The number of benzene rings is 3. The highest BCUT2D eigenvalue weighted by Crippen LogP contribution is 2.30. The molecule has 8 heteroatoms. The van der Waals surface area contributed by atoms with Crippen molar-refractivity contribution < 1.29 is 17.9 Å². The van der Waals surface area contributed by atoms with Crippen molar-refractivity contribution in [2.24, 2.45) is 0 Å². The van der Waals surface area contributed by atoms with Crippen molar-refractivity contribution in [3.05, 3.63) is 88.9 Å². The van der Waals surface area contributed by atoms with E-state index in [1.165, 1.54) is 17.7 Å². The summed E-state index contributed by atoms with van der Waals surface area (Å²) in [5.41, 5.74) is 2.42. The first-order chi connectivity index (χ1) is 16.5. The van der Waals surface area contributed by atoms with E-state index in [0.29, 0.717) is 5.75 Å². The number of amides is 1. The molecule has 0 unspecified atom stereocenters. The third kappa shape index (κ3) is 6.99. The predicted molar refractivity (Wildman–Crippen MR) is 141 cm³/mol. The van der Waals surface area contributed by atoms with Crippen molar-refractivity contribution in [1.29, 1.82) is 0 Å². The van der Waals surface area contributed by atoms with E-state index in [2.05, 4.69) is 26.1 Å². The molecule has 0 aromatic heterocycles. The Morgan fingerprint density at radius 1 is 0.971 bits per heavy atom. The fraction of sp³-hybridized carbons (Fsp3) is 0.296. The summed E-state index contributed by atoms with van der Waals surface area (Å²) >= 11 is 6.30. The first-order valence-electron chi connectivity index (χ1n) is 11.3. The lowest BCUT2D eigenvalue weighted by Crippen LogP contribution is -2.42. The number of aryl methyl sites for hydroxylation is 1. The lowest BCUT2D eigenvalue weighted by molar-refractivity contribution is -0.119. The number of nitrogens with one attached hydrogen (secondary N) is 1. The molecule has 3 aromatic rings. The van der Waals surface area contributed by atoms with Gasteiger partial charge in [-0.05, 0) is 54.3 Å². The molecule has 0 spiro atoms. The molecule has 186 valence electrons. The Kier molecular flexibility index (Phi) is 8.46. The second-order valence-electron chi connectivity index (χ2n) is 9.25. The van der Waals surface area contributed by atoms with Crippen LogP contribution in [0.2, 0.25) is 5.02 Å². The lowest BCUT2D eigenvalue weighted by Gasteiger charge is -2.25. The standard InChI is InChI=1S/C27H31ClN2O4S/c1-20-9-15-23(16-10-20)35(32,33)30(25-8-6-5-7-24(25)28)19-26(31)29-17-18-34-22-13-11-21(12-14-22)27(2,3)4/h5-16H,17-19H2,1-4H3,(H,29,31). The van der Waals surface area contributed by atoms with Crippen LogP contribution in [-0.2, 0) is 20.2 Å². The number of carbonyl (C=O) groups excluding carboxylic acids is 1. The van der Waals surface area contributed by atoms with Gasteiger partial charge in [0.05, 0.1) is 22.2 Å². The number of hydrogen-bond acceptors (Lipinski definition) is 4. The van der Waals surface area contributed by atoms with Gasteiger partial charge < -0.3 is 10.1 Å². The molecule has 0 saturated carbocycles. The molecule has 0 bridgehead atoms. The van der Waals surface area contributed by atoms with Gasteiger partial charge in [0.25, 0.3) is 10.0 Å². The number of para-hydroxylation sites is 1. The summed E-state index contributed by atoms with van der Waals surface area (Å²) in [5.74, 6) is 0.235.